The molecule has 1 unspecified atom stereocenters. The molecular weight excluding hydrogens is 182 g/mol. The van der Waals surface area contributed by atoms with Gasteiger partial charge in [-0.2, -0.15) is 0 Å². The number of hydrogen-bond acceptors (Lipinski definition) is 3. The standard InChI is InChI=1S/C10H21NO3/c1-5-8(9(11)12)14-7-6-10(2,3)13-4/h8H,5-7H2,1-4H3,(H2,11,12). The van der Waals surface area contributed by atoms with Gasteiger partial charge in [0.1, 0.15) is 6.10 Å². The second-order valence-electron chi connectivity index (χ2n) is 3.88. The van der Waals surface area contributed by atoms with Crippen LogP contribution in [0.1, 0.15) is 33.6 Å². The Bertz CT molecular complexity index is 180. The minimum atomic E-state index is -0.470. The molecule has 0 aromatic heterocycles. The van der Waals surface area contributed by atoms with Crippen LogP contribution in [0, 0.1) is 0 Å². The molecule has 0 aliphatic rings. The lowest BCUT2D eigenvalue weighted by Crippen LogP contribution is -2.33. The molecule has 14 heavy (non-hydrogen) atoms. The van der Waals surface area contributed by atoms with Gasteiger partial charge in [-0.1, -0.05) is 6.92 Å². The molecule has 0 fully saturated rings. The third kappa shape index (κ3) is 5.19. The molecule has 0 aliphatic heterocycles. The van der Waals surface area contributed by atoms with Gasteiger partial charge in [0.25, 0.3) is 0 Å². The average Bonchev–Trinajstić information content (AvgIpc) is 2.12. The van der Waals surface area contributed by atoms with Gasteiger partial charge in [-0.05, 0) is 26.7 Å². The van der Waals surface area contributed by atoms with E-state index in [9.17, 15) is 4.79 Å². The van der Waals surface area contributed by atoms with E-state index in [1.54, 1.807) is 7.11 Å². The van der Waals surface area contributed by atoms with Crippen LogP contribution in [0.2, 0.25) is 0 Å². The summed E-state index contributed by atoms with van der Waals surface area (Å²) in [5.41, 5.74) is 4.92. The molecule has 0 heterocycles. The quantitative estimate of drug-likeness (QED) is 0.673. The van der Waals surface area contributed by atoms with Crippen LogP contribution < -0.4 is 5.73 Å². The van der Waals surface area contributed by atoms with Crippen LogP contribution in [-0.4, -0.2) is 31.3 Å². The van der Waals surface area contributed by atoms with E-state index in [4.69, 9.17) is 15.2 Å². The van der Waals surface area contributed by atoms with Gasteiger partial charge in [0.15, 0.2) is 0 Å². The van der Waals surface area contributed by atoms with Gasteiger partial charge in [0.05, 0.1) is 12.2 Å². The van der Waals surface area contributed by atoms with Gasteiger partial charge in [-0.25, -0.2) is 0 Å². The first-order valence-electron chi connectivity index (χ1n) is 4.89. The smallest absolute Gasteiger partial charge is 0.246 e. The Hall–Kier alpha value is -0.610. The molecule has 84 valence electrons. The molecule has 0 saturated heterocycles. The molecule has 1 atom stereocenters. The van der Waals surface area contributed by atoms with Gasteiger partial charge in [0, 0.05) is 7.11 Å². The van der Waals surface area contributed by atoms with E-state index in [-0.39, 0.29) is 5.60 Å². The number of nitrogens with two attached hydrogens (primary N) is 1. The lowest BCUT2D eigenvalue weighted by Gasteiger charge is -2.23. The monoisotopic (exact) mass is 203 g/mol. The highest BCUT2D eigenvalue weighted by Crippen LogP contribution is 2.13. The highest BCUT2D eigenvalue weighted by molar-refractivity contribution is 5.78. The van der Waals surface area contributed by atoms with E-state index in [0.717, 1.165) is 6.42 Å². The van der Waals surface area contributed by atoms with Crippen LogP contribution in [0.4, 0.5) is 0 Å². The van der Waals surface area contributed by atoms with Crippen molar-refractivity contribution in [2.45, 2.75) is 45.3 Å². The zero-order valence-electron chi connectivity index (χ0n) is 9.50. The highest BCUT2D eigenvalue weighted by Gasteiger charge is 2.18. The predicted octanol–water partition coefficient (Wildman–Crippen LogP) is 1.08. The molecule has 0 radical (unpaired) electrons. The molecule has 0 rings (SSSR count). The highest BCUT2D eigenvalue weighted by atomic mass is 16.5. The molecule has 0 aromatic rings. The summed E-state index contributed by atoms with van der Waals surface area (Å²) in [7, 11) is 1.66. The van der Waals surface area contributed by atoms with E-state index in [1.807, 2.05) is 20.8 Å². The topological polar surface area (TPSA) is 61.6 Å². The number of carbonyl (C=O) groups is 1. The lowest BCUT2D eigenvalue weighted by molar-refractivity contribution is -0.130. The summed E-state index contributed by atoms with van der Waals surface area (Å²) in [6, 6.07) is 0. The van der Waals surface area contributed by atoms with Gasteiger partial charge in [0.2, 0.25) is 5.91 Å². The van der Waals surface area contributed by atoms with Crippen molar-refractivity contribution in [3.8, 4) is 0 Å². The molecule has 0 aromatic carbocycles. The summed E-state index contributed by atoms with van der Waals surface area (Å²) in [5, 5.41) is 0. The van der Waals surface area contributed by atoms with E-state index in [2.05, 4.69) is 0 Å². The number of ether oxygens (including phenoxy) is 2. The Morgan fingerprint density at radius 1 is 1.50 bits per heavy atom. The Balaban J connectivity index is 3.77. The van der Waals surface area contributed by atoms with Crippen molar-refractivity contribution in [1.82, 2.24) is 0 Å². The van der Waals surface area contributed by atoms with E-state index in [1.165, 1.54) is 0 Å². The first-order chi connectivity index (χ1) is 6.43. The number of carbonyl (C=O) groups excluding carboxylic acids is 1. The van der Waals surface area contributed by atoms with E-state index >= 15 is 0 Å². The number of primary amides is 1. The third-order valence-electron chi connectivity index (χ3n) is 2.26. The Labute approximate surface area is 85.8 Å². The van der Waals surface area contributed by atoms with Gasteiger partial charge in [-0.15, -0.1) is 0 Å². The van der Waals surface area contributed by atoms with Crippen molar-refractivity contribution in [2.24, 2.45) is 5.73 Å². The maximum atomic E-state index is 10.8. The van der Waals surface area contributed by atoms with Crippen LogP contribution in [0.25, 0.3) is 0 Å². The molecular formula is C10H21NO3. The fourth-order valence-electron chi connectivity index (χ4n) is 0.950. The van der Waals surface area contributed by atoms with Crippen molar-refractivity contribution in [2.75, 3.05) is 13.7 Å². The maximum absolute atomic E-state index is 10.8. The maximum Gasteiger partial charge on any atom is 0.246 e. The average molecular weight is 203 g/mol. The summed E-state index contributed by atoms with van der Waals surface area (Å²) in [5.74, 6) is -0.400. The van der Waals surface area contributed by atoms with Crippen LogP contribution in [0.5, 0.6) is 0 Å². The summed E-state index contributed by atoms with van der Waals surface area (Å²) >= 11 is 0. The summed E-state index contributed by atoms with van der Waals surface area (Å²) in [6.07, 6.45) is 0.887. The fraction of sp³-hybridized carbons (Fsp3) is 0.900. The molecule has 0 spiro atoms. The van der Waals surface area contributed by atoms with Gasteiger partial charge >= 0.3 is 0 Å². The molecule has 0 bridgehead atoms. The van der Waals surface area contributed by atoms with E-state index < -0.39 is 12.0 Å². The SMILES string of the molecule is CCC(OCCC(C)(C)OC)C(N)=O. The number of methoxy groups -OCH3 is 1. The molecule has 2 N–H and O–H groups in total. The van der Waals surface area contributed by atoms with Gasteiger partial charge < -0.3 is 15.2 Å². The van der Waals surface area contributed by atoms with Crippen molar-refractivity contribution in [1.29, 1.82) is 0 Å². The van der Waals surface area contributed by atoms with Crippen molar-refractivity contribution < 1.29 is 14.3 Å². The summed E-state index contributed by atoms with van der Waals surface area (Å²) < 4.78 is 10.6. The largest absolute Gasteiger partial charge is 0.379 e. The second-order valence-corrected chi connectivity index (χ2v) is 3.88. The number of rotatable bonds is 7. The Morgan fingerprint density at radius 2 is 2.07 bits per heavy atom. The van der Waals surface area contributed by atoms with Crippen LogP contribution in [0.3, 0.4) is 0 Å². The third-order valence-corrected chi connectivity index (χ3v) is 2.26. The first kappa shape index (κ1) is 13.4. The lowest BCUT2D eigenvalue weighted by atomic mass is 10.1. The zero-order valence-corrected chi connectivity index (χ0v) is 9.50. The van der Waals surface area contributed by atoms with Crippen LogP contribution in [-0.2, 0) is 14.3 Å². The summed E-state index contributed by atoms with van der Waals surface area (Å²) in [6.45, 7) is 6.31. The van der Waals surface area contributed by atoms with Crippen molar-refractivity contribution in [3.63, 3.8) is 0 Å². The van der Waals surface area contributed by atoms with Crippen molar-refractivity contribution >= 4 is 5.91 Å². The Morgan fingerprint density at radius 3 is 2.43 bits per heavy atom. The molecule has 1 amide bonds. The van der Waals surface area contributed by atoms with Crippen LogP contribution >= 0.6 is 0 Å². The predicted molar refractivity (Wildman–Crippen MR) is 54.9 cm³/mol. The minimum absolute atomic E-state index is 0.212. The molecule has 0 saturated carbocycles. The second kappa shape index (κ2) is 5.98. The molecule has 4 nitrogen and oxygen atoms in total. The van der Waals surface area contributed by atoms with Gasteiger partial charge in [-0.3, -0.25) is 4.79 Å². The van der Waals surface area contributed by atoms with Crippen LogP contribution in [0.15, 0.2) is 0 Å². The number of hydrogen-bond donors (Lipinski definition) is 1. The summed E-state index contributed by atoms with van der Waals surface area (Å²) in [4.78, 5) is 10.8. The van der Waals surface area contributed by atoms with Crippen molar-refractivity contribution in [3.05, 3.63) is 0 Å². The normalized spacial score (nSPS) is 14.0. The molecule has 4 heteroatoms. The molecule has 0 aliphatic carbocycles. The Kier molecular flexibility index (Phi) is 5.72. The fourth-order valence-corrected chi connectivity index (χ4v) is 0.950. The number of amides is 1. The first-order valence-corrected chi connectivity index (χ1v) is 4.89. The van der Waals surface area contributed by atoms with E-state index in [0.29, 0.717) is 13.0 Å². The minimum Gasteiger partial charge on any atom is -0.379 e. The zero-order chi connectivity index (χ0) is 11.2.